The van der Waals surface area contributed by atoms with Gasteiger partial charge < -0.3 is 4.74 Å². The highest BCUT2D eigenvalue weighted by Gasteiger charge is 2.07. The summed E-state index contributed by atoms with van der Waals surface area (Å²) in [6.45, 7) is 0.552. The third kappa shape index (κ3) is 7.80. The molecule has 0 bridgehead atoms. The molecule has 0 radical (unpaired) electrons. The molecule has 4 aromatic rings. The number of benzene rings is 3. The Morgan fingerprint density at radius 1 is 0.943 bits per heavy atom. The average Bonchev–Trinajstić information content (AvgIpc) is 3.35. The van der Waals surface area contributed by atoms with Gasteiger partial charge in [-0.15, -0.1) is 10.2 Å². The standard InChI is InChI=1S/C27H20Cl2N2O2S2/c28-22-11-9-20(25(29)18-22)10-13-23(32)12-6-19-7-14-24(15-8-19)33-16-17-34-27-31-30-26(35-27)21-4-2-1-3-5-21/h1-15,18H,16-17H2/b12-6+,13-10+. The summed E-state index contributed by atoms with van der Waals surface area (Å²) in [6, 6.07) is 22.8. The van der Waals surface area contributed by atoms with Gasteiger partial charge in [-0.05, 0) is 53.6 Å². The van der Waals surface area contributed by atoms with E-state index in [0.717, 1.165) is 37.5 Å². The van der Waals surface area contributed by atoms with Crippen LogP contribution in [-0.4, -0.2) is 28.3 Å². The number of rotatable bonds is 10. The molecular weight excluding hydrogens is 519 g/mol. The lowest BCUT2D eigenvalue weighted by molar-refractivity contribution is -0.110. The minimum absolute atomic E-state index is 0.138. The van der Waals surface area contributed by atoms with E-state index >= 15 is 0 Å². The molecule has 0 aliphatic heterocycles. The van der Waals surface area contributed by atoms with E-state index < -0.39 is 0 Å². The zero-order chi connectivity index (χ0) is 24.5. The first-order valence-electron chi connectivity index (χ1n) is 10.7. The number of aromatic nitrogens is 2. The first kappa shape index (κ1) is 25.2. The Bertz CT molecular complexity index is 1340. The van der Waals surface area contributed by atoms with Gasteiger partial charge in [0.2, 0.25) is 0 Å². The number of ketones is 1. The first-order chi connectivity index (χ1) is 17.1. The molecule has 0 fully saturated rings. The Kier molecular flexibility index (Phi) is 9.15. The van der Waals surface area contributed by atoms with E-state index in [4.69, 9.17) is 27.9 Å². The Morgan fingerprint density at radius 2 is 1.71 bits per heavy atom. The topological polar surface area (TPSA) is 52.1 Å². The van der Waals surface area contributed by atoms with Gasteiger partial charge in [-0.2, -0.15) is 0 Å². The highest BCUT2D eigenvalue weighted by atomic mass is 35.5. The van der Waals surface area contributed by atoms with Crippen LogP contribution in [0.4, 0.5) is 0 Å². The van der Waals surface area contributed by atoms with E-state index in [1.807, 2.05) is 54.6 Å². The van der Waals surface area contributed by atoms with Gasteiger partial charge in [-0.25, -0.2) is 0 Å². The van der Waals surface area contributed by atoms with Gasteiger partial charge in [0.25, 0.3) is 0 Å². The molecule has 1 aromatic heterocycles. The molecule has 176 valence electrons. The molecule has 0 unspecified atom stereocenters. The zero-order valence-electron chi connectivity index (χ0n) is 18.4. The molecule has 0 saturated carbocycles. The monoisotopic (exact) mass is 538 g/mol. The molecule has 8 heteroatoms. The van der Waals surface area contributed by atoms with Crippen LogP contribution in [0.3, 0.4) is 0 Å². The van der Waals surface area contributed by atoms with Crippen LogP contribution in [0.25, 0.3) is 22.7 Å². The summed E-state index contributed by atoms with van der Waals surface area (Å²) in [6.07, 6.45) is 6.42. The number of hydrogen-bond acceptors (Lipinski definition) is 6. The van der Waals surface area contributed by atoms with Crippen molar-refractivity contribution in [1.29, 1.82) is 0 Å². The van der Waals surface area contributed by atoms with Gasteiger partial charge in [0, 0.05) is 21.4 Å². The summed E-state index contributed by atoms with van der Waals surface area (Å²) in [7, 11) is 0. The molecule has 0 spiro atoms. The number of hydrogen-bond donors (Lipinski definition) is 0. The fourth-order valence-corrected chi connectivity index (χ4v) is 5.19. The normalized spacial score (nSPS) is 11.4. The van der Waals surface area contributed by atoms with E-state index in [2.05, 4.69) is 10.2 Å². The summed E-state index contributed by atoms with van der Waals surface area (Å²) in [5.74, 6) is 1.40. The van der Waals surface area contributed by atoms with Gasteiger partial charge in [0.05, 0.1) is 6.61 Å². The summed E-state index contributed by atoms with van der Waals surface area (Å²) < 4.78 is 6.74. The SMILES string of the molecule is O=C(/C=C/c1ccc(OCCSc2nnc(-c3ccccc3)s2)cc1)/C=C/c1ccc(Cl)cc1Cl. The molecule has 0 amide bonds. The maximum absolute atomic E-state index is 12.1. The number of nitrogens with zero attached hydrogens (tertiary/aromatic N) is 2. The van der Waals surface area contributed by atoms with Crippen molar-refractivity contribution >= 4 is 64.2 Å². The smallest absolute Gasteiger partial charge is 0.178 e. The molecule has 4 nitrogen and oxygen atoms in total. The molecule has 3 aromatic carbocycles. The molecule has 0 N–H and O–H groups in total. The van der Waals surface area contributed by atoms with E-state index in [9.17, 15) is 4.79 Å². The second-order valence-corrected chi connectivity index (χ2v) is 10.4. The van der Waals surface area contributed by atoms with Crippen LogP contribution in [0.15, 0.2) is 89.3 Å². The van der Waals surface area contributed by atoms with Crippen LogP contribution < -0.4 is 4.74 Å². The van der Waals surface area contributed by atoms with Crippen molar-refractivity contribution < 1.29 is 9.53 Å². The van der Waals surface area contributed by atoms with Gasteiger partial charge in [-0.1, -0.05) is 101 Å². The molecule has 1 heterocycles. The Morgan fingerprint density at radius 3 is 2.49 bits per heavy atom. The largest absolute Gasteiger partial charge is 0.493 e. The highest BCUT2D eigenvalue weighted by Crippen LogP contribution is 2.29. The van der Waals surface area contributed by atoms with Crippen LogP contribution in [0, 0.1) is 0 Å². The molecule has 0 aliphatic carbocycles. The maximum Gasteiger partial charge on any atom is 0.178 e. The van der Waals surface area contributed by atoms with Crippen molar-refractivity contribution in [2.45, 2.75) is 4.34 Å². The molecule has 35 heavy (non-hydrogen) atoms. The van der Waals surface area contributed by atoms with Gasteiger partial charge >= 0.3 is 0 Å². The van der Waals surface area contributed by atoms with Crippen molar-refractivity contribution in [2.24, 2.45) is 0 Å². The predicted molar refractivity (Wildman–Crippen MR) is 148 cm³/mol. The second-order valence-electron chi connectivity index (χ2n) is 7.24. The molecular formula is C27H20Cl2N2O2S2. The number of ether oxygens (including phenoxy) is 1. The quantitative estimate of drug-likeness (QED) is 0.116. The van der Waals surface area contributed by atoms with E-state index in [1.165, 1.54) is 12.2 Å². The van der Waals surface area contributed by atoms with Crippen molar-refractivity contribution in [2.75, 3.05) is 12.4 Å². The summed E-state index contributed by atoms with van der Waals surface area (Å²) in [5.41, 5.74) is 2.71. The van der Waals surface area contributed by atoms with Gasteiger partial charge in [0.15, 0.2) is 10.1 Å². The summed E-state index contributed by atoms with van der Waals surface area (Å²) in [5, 5.41) is 10.5. The lowest BCUT2D eigenvalue weighted by atomic mass is 10.1. The van der Waals surface area contributed by atoms with Crippen LogP contribution in [-0.2, 0) is 4.79 Å². The van der Waals surface area contributed by atoms with Gasteiger partial charge in [0.1, 0.15) is 10.8 Å². The lowest BCUT2D eigenvalue weighted by Gasteiger charge is -2.05. The first-order valence-corrected chi connectivity index (χ1v) is 13.2. The molecule has 0 aliphatic rings. The van der Waals surface area contributed by atoms with Crippen molar-refractivity contribution in [3.8, 4) is 16.3 Å². The maximum atomic E-state index is 12.1. The minimum Gasteiger partial charge on any atom is -0.493 e. The van der Waals surface area contributed by atoms with Crippen LogP contribution in [0.5, 0.6) is 5.75 Å². The predicted octanol–water partition coefficient (Wildman–Crippen LogP) is 7.98. The number of allylic oxidation sites excluding steroid dienone is 2. The number of carbonyl (C=O) groups excluding carboxylic acids is 1. The second kappa shape index (κ2) is 12.7. The fourth-order valence-electron chi connectivity index (χ4n) is 2.97. The molecule has 0 saturated heterocycles. The zero-order valence-corrected chi connectivity index (χ0v) is 21.6. The summed E-state index contributed by atoms with van der Waals surface area (Å²) >= 11 is 15.2. The number of carbonyl (C=O) groups is 1. The van der Waals surface area contributed by atoms with Crippen LogP contribution in [0.2, 0.25) is 10.0 Å². The highest BCUT2D eigenvalue weighted by molar-refractivity contribution is 8.01. The minimum atomic E-state index is -0.138. The molecule has 4 rings (SSSR count). The van der Waals surface area contributed by atoms with E-state index in [0.29, 0.717) is 16.7 Å². The Labute approximate surface area is 222 Å². The average molecular weight is 540 g/mol. The van der Waals surface area contributed by atoms with Crippen molar-refractivity contribution in [3.05, 3.63) is 106 Å². The molecule has 0 atom stereocenters. The van der Waals surface area contributed by atoms with Crippen molar-refractivity contribution in [1.82, 2.24) is 10.2 Å². The van der Waals surface area contributed by atoms with Crippen molar-refractivity contribution in [3.63, 3.8) is 0 Å². The Balaban J connectivity index is 1.21. The lowest BCUT2D eigenvalue weighted by Crippen LogP contribution is -1.99. The number of halogens is 2. The van der Waals surface area contributed by atoms with Gasteiger partial charge in [-0.3, -0.25) is 4.79 Å². The fraction of sp³-hybridized carbons (Fsp3) is 0.0741. The Hall–Kier alpha value is -2.90. The third-order valence-electron chi connectivity index (χ3n) is 4.71. The number of thioether (sulfide) groups is 1. The van der Waals surface area contributed by atoms with Crippen LogP contribution >= 0.6 is 46.3 Å². The third-order valence-corrected chi connectivity index (χ3v) is 7.35. The van der Waals surface area contributed by atoms with E-state index in [1.54, 1.807) is 53.4 Å². The van der Waals surface area contributed by atoms with E-state index in [-0.39, 0.29) is 5.78 Å². The summed E-state index contributed by atoms with van der Waals surface area (Å²) in [4.78, 5) is 12.1. The van der Waals surface area contributed by atoms with Crippen LogP contribution in [0.1, 0.15) is 11.1 Å².